The molecule has 5 nitrogen and oxygen atoms in total. The van der Waals surface area contributed by atoms with E-state index in [4.69, 9.17) is 0 Å². The van der Waals surface area contributed by atoms with Crippen molar-refractivity contribution in [1.82, 2.24) is 16.0 Å². The molecule has 0 unspecified atom stereocenters. The van der Waals surface area contributed by atoms with Gasteiger partial charge in [0.15, 0.2) is 5.96 Å². The van der Waals surface area contributed by atoms with E-state index in [1.165, 1.54) is 38.5 Å². The summed E-state index contributed by atoms with van der Waals surface area (Å²) in [7, 11) is 0. The van der Waals surface area contributed by atoms with Crippen molar-refractivity contribution in [2.75, 3.05) is 19.6 Å². The Morgan fingerprint density at radius 2 is 1.90 bits per heavy atom. The Bertz CT molecular complexity index is 333. The van der Waals surface area contributed by atoms with Gasteiger partial charge >= 0.3 is 0 Å². The smallest absolute Gasteiger partial charge is 0.220 e. The fraction of sp³-hybridized carbons (Fsp3) is 0.867. The molecule has 0 aromatic rings. The minimum absolute atomic E-state index is 0.187. The molecule has 2 saturated carbocycles. The highest BCUT2D eigenvalue weighted by atomic mass is 16.1. The van der Waals surface area contributed by atoms with Crippen LogP contribution in [0.1, 0.15) is 51.9 Å². The van der Waals surface area contributed by atoms with E-state index in [0.717, 1.165) is 12.5 Å². The SMILES string of the molecule is CCNC(=NCCNC(=O)CC1CCCC1)NC1CC1. The van der Waals surface area contributed by atoms with Gasteiger partial charge in [-0.25, -0.2) is 0 Å². The molecular formula is C15H28N4O. The fourth-order valence-electron chi connectivity index (χ4n) is 2.65. The first-order chi connectivity index (χ1) is 9.78. The minimum atomic E-state index is 0.187. The van der Waals surface area contributed by atoms with Crippen LogP contribution in [0.5, 0.6) is 0 Å². The molecule has 0 spiro atoms. The predicted octanol–water partition coefficient (Wildman–Crippen LogP) is 1.40. The standard InChI is InChI=1S/C15H28N4O/c1-2-16-15(19-13-7-8-13)18-10-9-17-14(20)11-12-5-3-4-6-12/h12-13H,2-11H2,1H3,(H,17,20)(H2,16,18,19). The van der Waals surface area contributed by atoms with Crippen LogP contribution in [0.3, 0.4) is 0 Å². The van der Waals surface area contributed by atoms with Crippen LogP contribution in [0, 0.1) is 5.92 Å². The minimum Gasteiger partial charge on any atom is -0.357 e. The van der Waals surface area contributed by atoms with Gasteiger partial charge in [-0.05, 0) is 38.5 Å². The lowest BCUT2D eigenvalue weighted by Gasteiger charge is -2.11. The van der Waals surface area contributed by atoms with Crippen molar-refractivity contribution in [2.45, 2.75) is 57.9 Å². The van der Waals surface area contributed by atoms with Crippen molar-refractivity contribution in [3.05, 3.63) is 0 Å². The third kappa shape index (κ3) is 5.80. The highest BCUT2D eigenvalue weighted by molar-refractivity contribution is 5.80. The summed E-state index contributed by atoms with van der Waals surface area (Å²) < 4.78 is 0. The van der Waals surface area contributed by atoms with E-state index in [1.54, 1.807) is 0 Å². The summed E-state index contributed by atoms with van der Waals surface area (Å²) in [5.41, 5.74) is 0. The molecule has 20 heavy (non-hydrogen) atoms. The molecule has 114 valence electrons. The Morgan fingerprint density at radius 1 is 1.15 bits per heavy atom. The number of hydrogen-bond acceptors (Lipinski definition) is 2. The van der Waals surface area contributed by atoms with E-state index in [1.807, 2.05) is 0 Å². The van der Waals surface area contributed by atoms with Crippen molar-refractivity contribution in [3.8, 4) is 0 Å². The largest absolute Gasteiger partial charge is 0.357 e. The molecule has 2 aliphatic rings. The molecule has 2 aliphatic carbocycles. The van der Waals surface area contributed by atoms with Crippen LogP contribution < -0.4 is 16.0 Å². The van der Waals surface area contributed by atoms with Crippen molar-refractivity contribution in [1.29, 1.82) is 0 Å². The lowest BCUT2D eigenvalue weighted by atomic mass is 10.0. The number of aliphatic imine (C=N–C) groups is 1. The van der Waals surface area contributed by atoms with Gasteiger partial charge in [-0.2, -0.15) is 0 Å². The van der Waals surface area contributed by atoms with Crippen molar-refractivity contribution in [2.24, 2.45) is 10.9 Å². The zero-order valence-electron chi connectivity index (χ0n) is 12.6. The second kappa shape index (κ2) is 8.12. The molecule has 0 aliphatic heterocycles. The van der Waals surface area contributed by atoms with Gasteiger partial charge in [-0.15, -0.1) is 0 Å². The van der Waals surface area contributed by atoms with E-state index in [2.05, 4.69) is 27.9 Å². The summed E-state index contributed by atoms with van der Waals surface area (Å²) in [5, 5.41) is 9.57. The molecule has 0 radical (unpaired) electrons. The number of guanidine groups is 1. The molecule has 0 saturated heterocycles. The molecule has 0 heterocycles. The second-order valence-corrected chi connectivity index (χ2v) is 5.88. The van der Waals surface area contributed by atoms with Crippen LogP contribution >= 0.6 is 0 Å². The Labute approximate surface area is 122 Å². The van der Waals surface area contributed by atoms with Gasteiger partial charge in [0.25, 0.3) is 0 Å². The lowest BCUT2D eigenvalue weighted by Crippen LogP contribution is -2.39. The molecule has 2 fully saturated rings. The quantitative estimate of drug-likeness (QED) is 0.375. The average Bonchev–Trinajstić information content (AvgIpc) is 3.09. The topological polar surface area (TPSA) is 65.5 Å². The lowest BCUT2D eigenvalue weighted by molar-refractivity contribution is -0.121. The second-order valence-electron chi connectivity index (χ2n) is 5.88. The summed E-state index contributed by atoms with van der Waals surface area (Å²) in [6.07, 6.45) is 8.21. The number of carbonyl (C=O) groups excluding carboxylic acids is 1. The van der Waals surface area contributed by atoms with Gasteiger partial charge in [-0.1, -0.05) is 12.8 Å². The number of nitrogens with zero attached hydrogens (tertiary/aromatic N) is 1. The molecule has 0 aromatic heterocycles. The maximum absolute atomic E-state index is 11.8. The molecule has 5 heteroatoms. The van der Waals surface area contributed by atoms with Gasteiger partial charge in [0.2, 0.25) is 5.91 Å². The zero-order chi connectivity index (χ0) is 14.2. The molecule has 1 amide bonds. The van der Waals surface area contributed by atoms with Crippen LogP contribution in [-0.2, 0) is 4.79 Å². The van der Waals surface area contributed by atoms with E-state index >= 15 is 0 Å². The molecular weight excluding hydrogens is 252 g/mol. The Balaban J connectivity index is 1.59. The Morgan fingerprint density at radius 3 is 2.55 bits per heavy atom. The predicted molar refractivity (Wildman–Crippen MR) is 81.7 cm³/mol. The third-order valence-corrected chi connectivity index (χ3v) is 3.92. The highest BCUT2D eigenvalue weighted by Gasteiger charge is 2.22. The molecule has 0 atom stereocenters. The van der Waals surface area contributed by atoms with Crippen molar-refractivity contribution < 1.29 is 4.79 Å². The molecule has 2 rings (SSSR count). The number of rotatable bonds is 7. The first-order valence-electron chi connectivity index (χ1n) is 8.09. The van der Waals surface area contributed by atoms with Gasteiger partial charge in [0.1, 0.15) is 0 Å². The first kappa shape index (κ1) is 15.1. The maximum atomic E-state index is 11.8. The van der Waals surface area contributed by atoms with Crippen LogP contribution in [0.15, 0.2) is 4.99 Å². The Kier molecular flexibility index (Phi) is 6.15. The van der Waals surface area contributed by atoms with E-state index in [0.29, 0.717) is 31.5 Å². The van der Waals surface area contributed by atoms with E-state index in [9.17, 15) is 4.79 Å². The summed E-state index contributed by atoms with van der Waals surface area (Å²) >= 11 is 0. The van der Waals surface area contributed by atoms with Crippen LogP contribution in [-0.4, -0.2) is 37.5 Å². The highest BCUT2D eigenvalue weighted by Crippen LogP contribution is 2.27. The van der Waals surface area contributed by atoms with E-state index in [-0.39, 0.29) is 5.91 Å². The number of hydrogen-bond donors (Lipinski definition) is 3. The molecule has 0 aromatic carbocycles. The summed E-state index contributed by atoms with van der Waals surface area (Å²) in [5.74, 6) is 1.68. The monoisotopic (exact) mass is 280 g/mol. The normalized spacial score (nSPS) is 19.9. The molecule has 3 N–H and O–H groups in total. The maximum Gasteiger partial charge on any atom is 0.220 e. The molecule has 0 bridgehead atoms. The van der Waals surface area contributed by atoms with E-state index < -0.39 is 0 Å². The van der Waals surface area contributed by atoms with Gasteiger partial charge in [0, 0.05) is 25.6 Å². The van der Waals surface area contributed by atoms with Crippen LogP contribution in [0.25, 0.3) is 0 Å². The van der Waals surface area contributed by atoms with Crippen molar-refractivity contribution in [3.63, 3.8) is 0 Å². The van der Waals surface area contributed by atoms with Crippen LogP contribution in [0.2, 0.25) is 0 Å². The van der Waals surface area contributed by atoms with Gasteiger partial charge < -0.3 is 16.0 Å². The number of carbonyl (C=O) groups is 1. The summed E-state index contributed by atoms with van der Waals surface area (Å²) in [4.78, 5) is 16.2. The third-order valence-electron chi connectivity index (χ3n) is 3.92. The Hall–Kier alpha value is -1.26. The van der Waals surface area contributed by atoms with Gasteiger partial charge in [0.05, 0.1) is 6.54 Å². The number of nitrogens with one attached hydrogen (secondary N) is 3. The summed E-state index contributed by atoms with van der Waals surface area (Å²) in [6, 6.07) is 0.602. The van der Waals surface area contributed by atoms with Crippen molar-refractivity contribution >= 4 is 11.9 Å². The van der Waals surface area contributed by atoms with Gasteiger partial charge in [-0.3, -0.25) is 9.79 Å². The summed E-state index contributed by atoms with van der Waals surface area (Å²) in [6.45, 7) is 4.20. The number of amides is 1. The first-order valence-corrected chi connectivity index (χ1v) is 8.09. The zero-order valence-corrected chi connectivity index (χ0v) is 12.6. The average molecular weight is 280 g/mol. The van der Waals surface area contributed by atoms with Crippen LogP contribution in [0.4, 0.5) is 0 Å². The fourth-order valence-corrected chi connectivity index (χ4v) is 2.65.